The second-order valence-corrected chi connectivity index (χ2v) is 9.01. The zero-order valence-electron chi connectivity index (χ0n) is 21.2. The molecule has 0 aliphatic rings. The molecule has 2 aromatic heterocycles. The van der Waals surface area contributed by atoms with E-state index < -0.39 is 11.6 Å². The minimum atomic E-state index is -0.731. The van der Waals surface area contributed by atoms with E-state index in [0.717, 1.165) is 38.8 Å². The van der Waals surface area contributed by atoms with Crippen LogP contribution in [0.5, 0.6) is 0 Å². The quantitative estimate of drug-likeness (QED) is 0.119. The number of Topliss-reactive ketones (excluding diaryl/α,β-unsaturated/α-hetero) is 1. The molecule has 3 aromatic carbocycles. The molecule has 0 aliphatic carbocycles. The third-order valence-corrected chi connectivity index (χ3v) is 6.18. The van der Waals surface area contributed by atoms with Crippen molar-refractivity contribution in [2.24, 2.45) is 0 Å². The predicted octanol–water partition coefficient (Wildman–Crippen LogP) is 8.09. The molecule has 193 valence electrons. The molecule has 2 heterocycles. The van der Waals surface area contributed by atoms with Gasteiger partial charge in [0.1, 0.15) is 0 Å². The molecule has 1 N–H and O–H groups in total. The molecule has 5 rings (SSSR count). The second kappa shape index (κ2) is 11.3. The number of aliphatic hydroxyl groups is 1. The summed E-state index contributed by atoms with van der Waals surface area (Å²) in [5, 5.41) is 11.8. The molecule has 0 amide bonds. The van der Waals surface area contributed by atoms with Crippen LogP contribution in [0.2, 0.25) is 0 Å². The third kappa shape index (κ3) is 5.48. The standard InChI is InChI=1S/C24H17F2N2.C6H10O2.Ir/c1-14(2)28-21-10-6-4-8-19(21)22-18-7-3-5-9-20(18)27-23(24(22)28)15-11-16(25)13-17(26)12-15;1-4(5(2)7)6(3)8;/h3-11,13-14H,1-2H3;7H,1-3H3;/q-1;;/b;5-4-;. The first-order valence-electron chi connectivity index (χ1n) is 11.7. The summed E-state index contributed by atoms with van der Waals surface area (Å²) >= 11 is 0. The summed E-state index contributed by atoms with van der Waals surface area (Å²) in [5.74, 6) is -1.34. The Bertz CT molecular complexity index is 1630. The van der Waals surface area contributed by atoms with Gasteiger partial charge in [-0.05, 0) is 46.8 Å². The van der Waals surface area contributed by atoms with E-state index >= 15 is 0 Å². The summed E-state index contributed by atoms with van der Waals surface area (Å²) in [4.78, 5) is 15.2. The van der Waals surface area contributed by atoms with Crippen LogP contribution in [0, 0.1) is 17.7 Å². The van der Waals surface area contributed by atoms with Crippen LogP contribution in [0.4, 0.5) is 8.78 Å². The number of hydrogen-bond donors (Lipinski definition) is 1. The summed E-state index contributed by atoms with van der Waals surface area (Å²) in [6, 6.07) is 21.0. The van der Waals surface area contributed by atoms with Gasteiger partial charge in [-0.3, -0.25) is 9.78 Å². The van der Waals surface area contributed by atoms with Crippen LogP contribution in [-0.4, -0.2) is 20.4 Å². The Balaban J connectivity index is 0.000000370. The third-order valence-electron chi connectivity index (χ3n) is 6.18. The van der Waals surface area contributed by atoms with Gasteiger partial charge in [0.25, 0.3) is 0 Å². The normalized spacial score (nSPS) is 11.8. The number of rotatable bonds is 3. The Labute approximate surface area is 228 Å². The van der Waals surface area contributed by atoms with Gasteiger partial charge in [-0.1, -0.05) is 42.5 Å². The fourth-order valence-electron chi connectivity index (χ4n) is 4.33. The van der Waals surface area contributed by atoms with Crippen molar-refractivity contribution in [2.45, 2.75) is 40.7 Å². The van der Waals surface area contributed by atoms with Gasteiger partial charge in [0, 0.05) is 76.2 Å². The number of carbonyl (C=O) groups excluding carboxylic acids is 1. The average molecular weight is 678 g/mol. The maximum atomic E-state index is 14.0. The van der Waals surface area contributed by atoms with Gasteiger partial charge in [-0.25, -0.2) is 8.78 Å². The summed E-state index contributed by atoms with van der Waals surface area (Å²) in [6.45, 7) is 8.71. The van der Waals surface area contributed by atoms with Crippen molar-refractivity contribution >= 4 is 38.5 Å². The van der Waals surface area contributed by atoms with E-state index in [1.807, 2.05) is 36.4 Å². The number of allylic oxidation sites excluding steroid dienone is 2. The number of carbonyl (C=O) groups is 1. The average Bonchev–Trinajstić information content (AvgIpc) is 3.18. The fraction of sp³-hybridized carbons (Fsp3) is 0.200. The predicted molar refractivity (Wildman–Crippen MR) is 141 cm³/mol. The number of aromatic nitrogens is 2. The number of ketones is 1. The Morgan fingerprint density at radius 1 is 0.973 bits per heavy atom. The van der Waals surface area contributed by atoms with E-state index in [1.54, 1.807) is 6.92 Å². The van der Waals surface area contributed by atoms with E-state index in [0.29, 0.717) is 16.8 Å². The molecule has 4 nitrogen and oxygen atoms in total. The molecule has 37 heavy (non-hydrogen) atoms. The van der Waals surface area contributed by atoms with Gasteiger partial charge in [0.2, 0.25) is 0 Å². The Morgan fingerprint density at radius 3 is 2.16 bits per heavy atom. The van der Waals surface area contributed by atoms with Crippen LogP contribution in [-0.2, 0) is 24.9 Å². The van der Waals surface area contributed by atoms with Crippen molar-refractivity contribution in [1.82, 2.24) is 9.55 Å². The summed E-state index contributed by atoms with van der Waals surface area (Å²) < 4.78 is 30.1. The van der Waals surface area contributed by atoms with Gasteiger partial charge in [0.05, 0.1) is 11.3 Å². The summed E-state index contributed by atoms with van der Waals surface area (Å²) in [5.41, 5.74) is 4.02. The molecular formula is C30H27F2IrN2O2-. The Kier molecular flexibility index (Phi) is 8.62. The van der Waals surface area contributed by atoms with Gasteiger partial charge in [0.15, 0.2) is 5.78 Å². The zero-order valence-corrected chi connectivity index (χ0v) is 23.6. The first-order chi connectivity index (χ1) is 17.1. The fourth-order valence-corrected chi connectivity index (χ4v) is 4.33. The van der Waals surface area contributed by atoms with Crippen molar-refractivity contribution in [3.05, 3.63) is 89.7 Å². The molecule has 0 aliphatic heterocycles. The minimum absolute atomic E-state index is 0. The van der Waals surface area contributed by atoms with E-state index in [2.05, 4.69) is 36.6 Å². The number of fused-ring (bicyclic) bond motifs is 5. The number of para-hydroxylation sites is 2. The van der Waals surface area contributed by atoms with Crippen molar-refractivity contribution in [3.63, 3.8) is 0 Å². The first-order valence-corrected chi connectivity index (χ1v) is 11.7. The minimum Gasteiger partial charge on any atom is -0.512 e. The molecule has 0 unspecified atom stereocenters. The molecule has 0 bridgehead atoms. The van der Waals surface area contributed by atoms with Gasteiger partial charge in [-0.15, -0.1) is 17.7 Å². The van der Waals surface area contributed by atoms with E-state index in [-0.39, 0.29) is 37.7 Å². The molecule has 0 fully saturated rings. The largest absolute Gasteiger partial charge is 0.512 e. The molecule has 0 saturated heterocycles. The molecule has 7 heteroatoms. The maximum absolute atomic E-state index is 14.0. The second-order valence-electron chi connectivity index (χ2n) is 9.01. The monoisotopic (exact) mass is 678 g/mol. The summed E-state index contributed by atoms with van der Waals surface area (Å²) in [6.07, 6.45) is 0. The Hall–Kier alpha value is -3.41. The van der Waals surface area contributed by atoms with E-state index in [4.69, 9.17) is 10.1 Å². The first kappa shape index (κ1) is 28.2. The number of hydrogen-bond acceptors (Lipinski definition) is 3. The number of halogens is 2. The molecule has 5 aromatic rings. The topological polar surface area (TPSA) is 55.1 Å². The molecular weight excluding hydrogens is 651 g/mol. The smallest absolute Gasteiger partial charge is 0.158 e. The van der Waals surface area contributed by atoms with Gasteiger partial charge in [-0.2, -0.15) is 0 Å². The van der Waals surface area contributed by atoms with Crippen molar-refractivity contribution < 1.29 is 38.8 Å². The number of pyridine rings is 1. The molecule has 0 atom stereocenters. The van der Waals surface area contributed by atoms with E-state index in [1.165, 1.54) is 19.9 Å². The van der Waals surface area contributed by atoms with Crippen LogP contribution >= 0.6 is 0 Å². The Morgan fingerprint density at radius 2 is 1.59 bits per heavy atom. The van der Waals surface area contributed by atoms with Crippen LogP contribution in [0.25, 0.3) is 44.0 Å². The van der Waals surface area contributed by atoms with Crippen molar-refractivity contribution in [1.29, 1.82) is 0 Å². The van der Waals surface area contributed by atoms with Crippen LogP contribution in [0.3, 0.4) is 0 Å². The number of aliphatic hydroxyl groups excluding tert-OH is 1. The SMILES string of the molecule is CC(=O)/C(C)=C(/C)O.CC(C)n1c2ccccc2c2c3ccccc3nc(-c3[c-]c(F)cc(F)c3)c21.[Ir]. The zero-order chi connectivity index (χ0) is 26.1. The van der Waals surface area contributed by atoms with Crippen molar-refractivity contribution in [3.8, 4) is 11.3 Å². The molecule has 0 saturated carbocycles. The molecule has 0 spiro atoms. The number of nitrogens with zero attached hydrogens (tertiary/aromatic N) is 2. The maximum Gasteiger partial charge on any atom is 0.158 e. The van der Waals surface area contributed by atoms with Gasteiger partial charge < -0.3 is 9.67 Å². The van der Waals surface area contributed by atoms with Crippen LogP contribution < -0.4 is 0 Å². The van der Waals surface area contributed by atoms with Crippen LogP contribution in [0.1, 0.15) is 40.7 Å². The van der Waals surface area contributed by atoms with Gasteiger partial charge >= 0.3 is 0 Å². The number of benzene rings is 3. The van der Waals surface area contributed by atoms with Crippen molar-refractivity contribution in [2.75, 3.05) is 0 Å². The molecule has 1 radical (unpaired) electrons. The van der Waals surface area contributed by atoms with Crippen LogP contribution in [0.15, 0.2) is 72.0 Å². The summed E-state index contributed by atoms with van der Waals surface area (Å²) in [7, 11) is 0. The van der Waals surface area contributed by atoms with E-state index in [9.17, 15) is 13.6 Å².